The maximum atomic E-state index is 13.3. The van der Waals surface area contributed by atoms with E-state index in [0.29, 0.717) is 78.2 Å². The van der Waals surface area contributed by atoms with Gasteiger partial charge in [-0.15, -0.1) is 0 Å². The second kappa shape index (κ2) is 44.0. The van der Waals surface area contributed by atoms with Crippen LogP contribution < -0.4 is 5.46 Å². The van der Waals surface area contributed by atoms with Crippen LogP contribution in [0.1, 0.15) is 92.7 Å². The summed E-state index contributed by atoms with van der Waals surface area (Å²) in [6.45, 7) is 14.4. The first-order valence-corrected chi connectivity index (χ1v) is 42.2. The summed E-state index contributed by atoms with van der Waals surface area (Å²) in [5.41, 5.74) is 13.4. The number of thiol groups is 1. The third-order valence-electron chi connectivity index (χ3n) is 20.3. The number of halogens is 14. The van der Waals surface area contributed by atoms with Crippen LogP contribution in [-0.4, -0.2) is 145 Å². The van der Waals surface area contributed by atoms with Gasteiger partial charge in [-0.25, -0.2) is 92.6 Å². The number of imidazole rings is 8. The first-order chi connectivity index (χ1) is 60.9. The van der Waals surface area contributed by atoms with Gasteiger partial charge in [0, 0.05) is 106 Å². The molecule has 4 aromatic carbocycles. The van der Waals surface area contributed by atoms with Gasteiger partial charge in [-0.2, -0.15) is 0 Å². The minimum atomic E-state index is -2.52. The number of aromatic nitrogens is 16. The molecule has 2 saturated carbocycles. The Balaban J connectivity index is 0.000000150. The monoisotopic (exact) mass is 1900 g/mol. The molecule has 16 aromatic rings. The number of benzene rings is 4. The van der Waals surface area contributed by atoms with Crippen molar-refractivity contribution in [2.75, 3.05) is 0 Å². The average molecular weight is 1900 g/mol. The number of rotatable bonds is 18. The summed E-state index contributed by atoms with van der Waals surface area (Å²) in [5.74, 6) is -0.718. The standard InChI is InChI=1S/C21H17F3N4.C18H12BrF3N4.C18H13F3N4.C13H17BN2O2.C11H8BrF3N2.C3H7BO2.2C2H6.BHNS/c22-16-6-3-14(4-7-16)20-21(27(12-26-20)11-18(23)24)15-5-8-19-25-9-17(13-1-2-13)28(19)10-15;19-14-7-23-16-6-3-12(8-26(14)16)18-17(11-1-4-13(20)5-2-11)24-10-25(18)9-15(21)22;19-14-4-1-12(2-5-14)17-18(25(11-23-17)10-15(20)21)13-3-6-16-22-7-8-24(16)9-13;1-12(2)13(3,4)18-14(17-12)10-5-6-11-15-7-8-16(11)9-10;12-11-10(7-1-3-8(13)4-2-7)16-6-17(11)5-9(14)15;5-4(6)3-1-2-3;2*1-2;1-2-3/h3-10,12-13,18H,1-2,11H2;1-8,10,15H,9H2;1-9,11,15H,10H2;5-9H,1-4H3;1-4,6,9H,5H2;3,5-6H,1-2H2;2*1-2H3;3H. The normalized spacial score (nSPS) is 13.5. The molecular formula is C88H87B3Br2F12N17O4S. The molecule has 1 radical (unpaired) electrons. The molecule has 661 valence electrons. The van der Waals surface area contributed by atoms with Gasteiger partial charge < -0.3 is 50.8 Å². The van der Waals surface area contributed by atoms with Gasteiger partial charge in [-0.3, -0.25) is 4.40 Å². The van der Waals surface area contributed by atoms with E-state index < -0.39 is 59.0 Å². The Bertz CT molecular complexity index is 6230. The molecule has 3 fully saturated rings. The van der Waals surface area contributed by atoms with Gasteiger partial charge in [0.05, 0.1) is 103 Å². The zero-order valence-corrected chi connectivity index (χ0v) is 73.9. The molecule has 2 N–H and O–H groups in total. The predicted octanol–water partition coefficient (Wildman–Crippen LogP) is 21.7. The van der Waals surface area contributed by atoms with E-state index in [9.17, 15) is 52.7 Å². The molecule has 2 aliphatic carbocycles. The van der Waals surface area contributed by atoms with Crippen LogP contribution in [0, 0.1) is 23.3 Å². The first-order valence-electron chi connectivity index (χ1n) is 40.2. The average Bonchev–Trinajstić information content (AvgIpc) is 1.64. The molecule has 127 heavy (non-hydrogen) atoms. The van der Waals surface area contributed by atoms with Crippen molar-refractivity contribution in [3.05, 3.63) is 271 Å². The minimum absolute atomic E-state index is 0.213. The summed E-state index contributed by atoms with van der Waals surface area (Å²) in [6.07, 6.45) is 18.1. The Kier molecular flexibility index (Phi) is 33.4. The van der Waals surface area contributed by atoms with E-state index in [1.165, 1.54) is 92.1 Å². The molecule has 1 saturated heterocycles. The van der Waals surface area contributed by atoms with Crippen molar-refractivity contribution in [3.63, 3.8) is 0 Å². The van der Waals surface area contributed by atoms with Crippen LogP contribution in [0.3, 0.4) is 0 Å². The summed E-state index contributed by atoms with van der Waals surface area (Å²) in [7, 11) is 2.98. The Labute approximate surface area is 747 Å². The van der Waals surface area contributed by atoms with Gasteiger partial charge >= 0.3 is 39.0 Å². The molecule has 0 atom stereocenters. The van der Waals surface area contributed by atoms with Crippen LogP contribution in [0.25, 0.3) is 101 Å². The van der Waals surface area contributed by atoms with Crippen LogP contribution >= 0.6 is 44.7 Å². The van der Waals surface area contributed by atoms with E-state index in [1.807, 2.05) is 113 Å². The summed E-state index contributed by atoms with van der Waals surface area (Å²) in [6, 6.07) is 38.2. The zero-order valence-electron chi connectivity index (χ0n) is 69.8. The second-order valence-corrected chi connectivity index (χ2v) is 31.3. The van der Waals surface area contributed by atoms with Crippen molar-refractivity contribution in [3.8, 4) is 78.8 Å². The fourth-order valence-electron chi connectivity index (χ4n) is 13.2. The zero-order chi connectivity index (χ0) is 91.6. The van der Waals surface area contributed by atoms with Gasteiger partial charge in [0.2, 0.25) is 0 Å². The van der Waals surface area contributed by atoms with Gasteiger partial charge in [0.15, 0.2) is 0 Å². The molecule has 0 unspecified atom stereocenters. The second-order valence-electron chi connectivity index (χ2n) is 29.5. The fourth-order valence-corrected chi connectivity index (χ4v) is 14.2. The van der Waals surface area contributed by atoms with Gasteiger partial charge in [-0.05, 0) is 223 Å². The van der Waals surface area contributed by atoms with E-state index in [1.54, 1.807) is 91.6 Å². The molecule has 1 aliphatic heterocycles. The van der Waals surface area contributed by atoms with Crippen molar-refractivity contribution in [1.82, 2.24) is 75.7 Å². The van der Waals surface area contributed by atoms with Crippen LogP contribution in [0.15, 0.2) is 246 Å². The molecular weight excluding hydrogens is 1810 g/mol. The predicted molar refractivity (Wildman–Crippen MR) is 478 cm³/mol. The number of hydrogen-bond acceptors (Lipinski definition) is 14. The summed E-state index contributed by atoms with van der Waals surface area (Å²) in [5, 5.41) is 16.5. The Morgan fingerprint density at radius 3 is 1.16 bits per heavy atom. The molecule has 12 aromatic heterocycles. The molecule has 39 heteroatoms. The molecule has 3 aliphatic rings. The van der Waals surface area contributed by atoms with Gasteiger partial charge in [0.1, 0.15) is 60.8 Å². The summed E-state index contributed by atoms with van der Waals surface area (Å²) >= 11 is 9.81. The van der Waals surface area contributed by atoms with Crippen molar-refractivity contribution < 1.29 is 72.0 Å². The summed E-state index contributed by atoms with van der Waals surface area (Å²) < 4.78 is 184. The topological polar surface area (TPSA) is 212 Å². The van der Waals surface area contributed by atoms with Crippen LogP contribution in [0.2, 0.25) is 5.82 Å². The van der Waals surface area contributed by atoms with E-state index >= 15 is 0 Å². The van der Waals surface area contributed by atoms with Crippen molar-refractivity contribution in [2.24, 2.45) is 4.30 Å². The SMILES string of the molecule is CC.CC.CC1(C)OB(c2ccc3nccn3c2)OC1(C)C.Fc1ccc(-c2ncn(CC(F)F)c2-c2ccc3ncc(Br)n3c2)cc1.Fc1ccc(-c2ncn(CC(F)F)c2-c2ccc3ncc(C4CC4)n3c2)cc1.Fc1ccc(-c2ncn(CC(F)F)c2-c2ccc3nccn3c2)cc1.Fc1ccc(-c2ncn(CC(F)F)c2Br)cc1.OB(O)C1CC1.[B]=NS. The third-order valence-corrected chi connectivity index (χ3v) is 21.7. The maximum absolute atomic E-state index is 13.3. The molecule has 13 heterocycles. The fraction of sp³-hybridized carbons (Fsp3) is 0.273. The van der Waals surface area contributed by atoms with E-state index in [0.717, 1.165) is 75.2 Å². The molecule has 0 bridgehead atoms. The van der Waals surface area contributed by atoms with E-state index in [4.69, 9.17) is 19.4 Å². The quantitative estimate of drug-likeness (QED) is 0.0416. The van der Waals surface area contributed by atoms with Crippen LogP contribution in [0.5, 0.6) is 0 Å². The number of alkyl halides is 8. The van der Waals surface area contributed by atoms with Crippen molar-refractivity contribution in [1.29, 1.82) is 0 Å². The number of fused-ring (bicyclic) bond motifs is 4. The van der Waals surface area contributed by atoms with Crippen molar-refractivity contribution >= 4 is 94.6 Å². The van der Waals surface area contributed by atoms with Gasteiger partial charge in [-0.1, -0.05) is 46.6 Å². The third kappa shape index (κ3) is 24.6. The van der Waals surface area contributed by atoms with Crippen LogP contribution in [0.4, 0.5) is 52.7 Å². The number of hydrogen-bond donors (Lipinski definition) is 3. The van der Waals surface area contributed by atoms with E-state index in [-0.39, 0.29) is 47.4 Å². The van der Waals surface area contributed by atoms with Crippen molar-refractivity contribution in [2.45, 2.75) is 156 Å². The van der Waals surface area contributed by atoms with Gasteiger partial charge in [0.25, 0.3) is 25.7 Å². The number of nitrogens with zero attached hydrogens (tertiary/aromatic N) is 17. The molecule has 19 rings (SSSR count). The molecule has 0 spiro atoms. The van der Waals surface area contributed by atoms with Crippen LogP contribution in [-0.2, 0) is 35.5 Å². The Hall–Kier alpha value is -11.2. The summed E-state index contributed by atoms with van der Waals surface area (Å²) in [4.78, 5) is 34.1. The van der Waals surface area contributed by atoms with E-state index in [2.05, 4.69) is 124 Å². The Morgan fingerprint density at radius 1 is 0.441 bits per heavy atom. The Morgan fingerprint density at radius 2 is 0.772 bits per heavy atom. The number of pyridine rings is 4. The first kappa shape index (κ1) is 96.4. The molecule has 21 nitrogen and oxygen atoms in total. The molecule has 0 amide bonds.